The molecule has 1 aliphatic heterocycles. The summed E-state index contributed by atoms with van der Waals surface area (Å²) in [4.78, 5) is 24.2. The highest BCUT2D eigenvalue weighted by Crippen LogP contribution is 2.23. The number of hydrogen-bond acceptors (Lipinski definition) is 4. The molecule has 0 saturated carbocycles. The van der Waals surface area contributed by atoms with Crippen molar-refractivity contribution in [3.8, 4) is 0 Å². The van der Waals surface area contributed by atoms with Crippen LogP contribution in [-0.4, -0.2) is 35.4 Å². The van der Waals surface area contributed by atoms with Gasteiger partial charge in [0.2, 0.25) is 5.91 Å². The number of nitro groups is 1. The Morgan fingerprint density at radius 3 is 2.54 bits per heavy atom. The van der Waals surface area contributed by atoms with E-state index in [-0.39, 0.29) is 23.5 Å². The van der Waals surface area contributed by atoms with Crippen LogP contribution in [0.1, 0.15) is 17.2 Å². The van der Waals surface area contributed by atoms with Crippen molar-refractivity contribution < 1.29 is 18.8 Å². The van der Waals surface area contributed by atoms with Crippen molar-refractivity contribution in [2.75, 3.05) is 19.7 Å². The van der Waals surface area contributed by atoms with Crippen LogP contribution in [0.3, 0.4) is 0 Å². The molecular weight excluding hydrogens is 339 g/mol. The van der Waals surface area contributed by atoms with Gasteiger partial charge in [-0.05, 0) is 41.5 Å². The zero-order valence-electron chi connectivity index (χ0n) is 13.9. The average molecular weight is 356 g/mol. The van der Waals surface area contributed by atoms with Crippen molar-refractivity contribution in [3.63, 3.8) is 0 Å². The Labute approximate surface area is 149 Å². The van der Waals surface area contributed by atoms with Crippen LogP contribution in [0.15, 0.2) is 54.6 Å². The van der Waals surface area contributed by atoms with Gasteiger partial charge in [0.15, 0.2) is 0 Å². The minimum absolute atomic E-state index is 0.00351. The number of amides is 1. The maximum atomic E-state index is 13.0. The van der Waals surface area contributed by atoms with Gasteiger partial charge in [-0.1, -0.05) is 12.1 Å². The van der Waals surface area contributed by atoms with Crippen LogP contribution in [0.25, 0.3) is 6.08 Å². The number of carbonyl (C=O) groups excluding carboxylic acids is 1. The summed E-state index contributed by atoms with van der Waals surface area (Å²) in [6.07, 6.45) is 2.77. The lowest BCUT2D eigenvalue weighted by Crippen LogP contribution is -2.41. The van der Waals surface area contributed by atoms with Crippen molar-refractivity contribution >= 4 is 17.7 Å². The third-order valence-electron chi connectivity index (χ3n) is 4.14. The second kappa shape index (κ2) is 7.88. The number of halogens is 1. The summed E-state index contributed by atoms with van der Waals surface area (Å²) in [5.41, 5.74) is 1.53. The Morgan fingerprint density at radius 2 is 1.88 bits per heavy atom. The SMILES string of the molecule is O=C(/C=C/c1ccc([N+](=O)[O-])cc1)N1CCOC(c2ccc(F)cc2)C1. The number of rotatable bonds is 4. The van der Waals surface area contributed by atoms with Crippen LogP contribution in [0.2, 0.25) is 0 Å². The molecule has 26 heavy (non-hydrogen) atoms. The molecule has 0 bridgehead atoms. The summed E-state index contributed by atoms with van der Waals surface area (Å²) in [6.45, 7) is 1.26. The van der Waals surface area contributed by atoms with Gasteiger partial charge in [0.05, 0.1) is 18.1 Å². The van der Waals surface area contributed by atoms with Gasteiger partial charge in [0, 0.05) is 24.8 Å². The molecule has 1 atom stereocenters. The Hall–Kier alpha value is -3.06. The van der Waals surface area contributed by atoms with E-state index in [0.29, 0.717) is 25.3 Å². The maximum Gasteiger partial charge on any atom is 0.269 e. The highest BCUT2D eigenvalue weighted by atomic mass is 19.1. The van der Waals surface area contributed by atoms with E-state index < -0.39 is 4.92 Å². The zero-order chi connectivity index (χ0) is 18.5. The van der Waals surface area contributed by atoms with E-state index in [0.717, 1.165) is 5.56 Å². The summed E-state index contributed by atoms with van der Waals surface area (Å²) in [6, 6.07) is 12.0. The predicted molar refractivity (Wildman–Crippen MR) is 93.8 cm³/mol. The van der Waals surface area contributed by atoms with Gasteiger partial charge in [-0.3, -0.25) is 14.9 Å². The monoisotopic (exact) mass is 356 g/mol. The molecule has 0 aliphatic carbocycles. The summed E-state index contributed by atoms with van der Waals surface area (Å²) in [5.74, 6) is -0.484. The molecule has 0 radical (unpaired) electrons. The van der Waals surface area contributed by atoms with Gasteiger partial charge < -0.3 is 9.64 Å². The van der Waals surface area contributed by atoms with Crippen LogP contribution in [0, 0.1) is 15.9 Å². The van der Waals surface area contributed by atoms with Crippen LogP contribution < -0.4 is 0 Å². The van der Waals surface area contributed by atoms with Gasteiger partial charge in [-0.15, -0.1) is 0 Å². The van der Waals surface area contributed by atoms with E-state index in [1.165, 1.54) is 30.3 Å². The molecule has 1 unspecified atom stereocenters. The molecule has 1 aliphatic rings. The fourth-order valence-corrected chi connectivity index (χ4v) is 2.71. The van der Waals surface area contributed by atoms with Crippen LogP contribution in [0.4, 0.5) is 10.1 Å². The van der Waals surface area contributed by atoms with Crippen molar-refractivity contribution in [1.82, 2.24) is 4.90 Å². The number of morpholine rings is 1. The molecule has 1 heterocycles. The molecule has 2 aromatic carbocycles. The van der Waals surface area contributed by atoms with Crippen molar-refractivity contribution in [3.05, 3.63) is 81.7 Å². The molecule has 6 nitrogen and oxygen atoms in total. The van der Waals surface area contributed by atoms with E-state index in [1.54, 1.807) is 35.2 Å². The predicted octanol–water partition coefficient (Wildman–Crippen LogP) is 3.35. The van der Waals surface area contributed by atoms with Gasteiger partial charge in [0.1, 0.15) is 11.9 Å². The Balaban J connectivity index is 1.63. The Kier molecular flexibility index (Phi) is 5.38. The maximum absolute atomic E-state index is 13.0. The third-order valence-corrected chi connectivity index (χ3v) is 4.14. The zero-order valence-corrected chi connectivity index (χ0v) is 13.9. The van der Waals surface area contributed by atoms with Gasteiger partial charge in [-0.25, -0.2) is 4.39 Å². The van der Waals surface area contributed by atoms with Crippen molar-refractivity contribution in [2.24, 2.45) is 0 Å². The fourth-order valence-electron chi connectivity index (χ4n) is 2.71. The first kappa shape index (κ1) is 17.8. The highest BCUT2D eigenvalue weighted by Gasteiger charge is 2.24. The van der Waals surface area contributed by atoms with Crippen LogP contribution >= 0.6 is 0 Å². The number of ether oxygens (including phenoxy) is 1. The average Bonchev–Trinajstić information content (AvgIpc) is 2.67. The van der Waals surface area contributed by atoms with Crippen LogP contribution in [0.5, 0.6) is 0 Å². The van der Waals surface area contributed by atoms with E-state index in [4.69, 9.17) is 4.74 Å². The number of nitro benzene ring substituents is 1. The first-order valence-electron chi connectivity index (χ1n) is 8.11. The Bertz CT molecular complexity index is 818. The standard InChI is InChI=1S/C19H17FN2O4/c20-16-6-4-15(5-7-16)18-13-21(11-12-26-18)19(23)10-3-14-1-8-17(9-2-14)22(24)25/h1-10,18H,11-13H2/b10-3+. The van der Waals surface area contributed by atoms with E-state index in [2.05, 4.69) is 0 Å². The number of nitrogens with zero attached hydrogens (tertiary/aromatic N) is 2. The van der Waals surface area contributed by atoms with E-state index in [1.807, 2.05) is 0 Å². The molecule has 3 rings (SSSR count). The number of non-ortho nitro benzene ring substituents is 1. The lowest BCUT2D eigenvalue weighted by atomic mass is 10.1. The van der Waals surface area contributed by atoms with Gasteiger partial charge >= 0.3 is 0 Å². The molecule has 1 saturated heterocycles. The van der Waals surface area contributed by atoms with Gasteiger partial charge in [0.25, 0.3) is 5.69 Å². The Morgan fingerprint density at radius 1 is 1.19 bits per heavy atom. The summed E-state index contributed by atoms with van der Waals surface area (Å²) < 4.78 is 18.7. The van der Waals surface area contributed by atoms with Crippen LogP contribution in [-0.2, 0) is 9.53 Å². The van der Waals surface area contributed by atoms with Crippen molar-refractivity contribution in [1.29, 1.82) is 0 Å². The second-order valence-electron chi connectivity index (χ2n) is 5.88. The number of hydrogen-bond donors (Lipinski definition) is 0. The fraction of sp³-hybridized carbons (Fsp3) is 0.211. The molecule has 0 spiro atoms. The molecule has 2 aromatic rings. The largest absolute Gasteiger partial charge is 0.370 e. The van der Waals surface area contributed by atoms with Crippen molar-refractivity contribution in [2.45, 2.75) is 6.10 Å². The summed E-state index contributed by atoms with van der Waals surface area (Å²) in [7, 11) is 0. The third kappa shape index (κ3) is 4.31. The topological polar surface area (TPSA) is 72.7 Å². The quantitative estimate of drug-likeness (QED) is 0.478. The van der Waals surface area contributed by atoms with E-state index in [9.17, 15) is 19.3 Å². The van der Waals surface area contributed by atoms with E-state index >= 15 is 0 Å². The summed E-state index contributed by atoms with van der Waals surface area (Å²) in [5, 5.41) is 10.6. The lowest BCUT2D eigenvalue weighted by molar-refractivity contribution is -0.384. The minimum atomic E-state index is -0.470. The molecule has 1 fully saturated rings. The smallest absolute Gasteiger partial charge is 0.269 e. The number of benzene rings is 2. The number of carbonyl (C=O) groups is 1. The van der Waals surface area contributed by atoms with Gasteiger partial charge in [-0.2, -0.15) is 0 Å². The summed E-state index contributed by atoms with van der Waals surface area (Å²) >= 11 is 0. The molecular formula is C19H17FN2O4. The second-order valence-corrected chi connectivity index (χ2v) is 5.88. The lowest BCUT2D eigenvalue weighted by Gasteiger charge is -2.32. The molecule has 0 N–H and O–H groups in total. The molecule has 134 valence electrons. The molecule has 7 heteroatoms. The highest BCUT2D eigenvalue weighted by molar-refractivity contribution is 5.91. The first-order chi connectivity index (χ1) is 12.5. The normalized spacial score (nSPS) is 17.4. The minimum Gasteiger partial charge on any atom is -0.370 e. The molecule has 1 amide bonds. The first-order valence-corrected chi connectivity index (χ1v) is 8.11. The molecule has 0 aromatic heterocycles.